The molecular weight excluding hydrogens is 424 g/mol. The van der Waals surface area contributed by atoms with Crippen molar-refractivity contribution in [3.05, 3.63) is 83.9 Å². The van der Waals surface area contributed by atoms with Crippen molar-refractivity contribution in [1.82, 2.24) is 0 Å². The topological polar surface area (TPSA) is 66.9 Å². The number of carbonyl (C=O) groups is 1. The fourth-order valence-corrected chi connectivity index (χ4v) is 5.25. The minimum absolute atomic E-state index is 0.108. The van der Waals surface area contributed by atoms with Crippen molar-refractivity contribution in [3.8, 4) is 5.75 Å². The number of amides is 1. The van der Waals surface area contributed by atoms with Crippen molar-refractivity contribution in [1.29, 1.82) is 0 Å². The lowest BCUT2D eigenvalue weighted by Gasteiger charge is -2.27. The largest absolute Gasteiger partial charge is 0.494 e. The Morgan fingerprint density at radius 2 is 1.69 bits per heavy atom. The smallest absolute Gasteiger partial charge is 0.264 e. The quantitative estimate of drug-likeness (QED) is 0.542. The second-order valence-electron chi connectivity index (χ2n) is 7.68. The van der Waals surface area contributed by atoms with Gasteiger partial charge in [0.05, 0.1) is 17.2 Å². The van der Waals surface area contributed by atoms with Crippen molar-refractivity contribution < 1.29 is 17.9 Å². The van der Waals surface area contributed by atoms with Crippen molar-refractivity contribution in [2.75, 3.05) is 28.9 Å². The molecule has 0 unspecified atom stereocenters. The fraction of sp³-hybridized carbons (Fsp3) is 0.240. The predicted molar refractivity (Wildman–Crippen MR) is 126 cm³/mol. The van der Waals surface area contributed by atoms with Crippen LogP contribution in [0.3, 0.4) is 0 Å². The number of sulfonamides is 1. The lowest BCUT2D eigenvalue weighted by molar-refractivity contribution is -0.117. The van der Waals surface area contributed by atoms with Gasteiger partial charge in [0.15, 0.2) is 0 Å². The van der Waals surface area contributed by atoms with E-state index in [0.717, 1.165) is 23.2 Å². The molecule has 7 heteroatoms. The molecule has 6 nitrogen and oxygen atoms in total. The molecule has 0 radical (unpaired) electrons. The number of para-hydroxylation sites is 1. The molecule has 32 heavy (non-hydrogen) atoms. The molecule has 0 fully saturated rings. The molecule has 1 heterocycles. The Bertz CT molecular complexity index is 1210. The van der Waals surface area contributed by atoms with E-state index in [1.807, 2.05) is 50.2 Å². The summed E-state index contributed by atoms with van der Waals surface area (Å²) in [6.45, 7) is 4.55. The highest BCUT2D eigenvalue weighted by atomic mass is 32.2. The maximum absolute atomic E-state index is 13.6. The highest BCUT2D eigenvalue weighted by Gasteiger charge is 2.31. The summed E-state index contributed by atoms with van der Waals surface area (Å²) < 4.78 is 33.8. The third kappa shape index (κ3) is 4.34. The SMILES string of the molecule is CCOc1ccc(S(=O)(=O)N(CC(=O)N2CCc3ccccc32)c2ccc(C)cc2)cc1. The first-order valence-corrected chi connectivity index (χ1v) is 12.0. The second kappa shape index (κ2) is 9.04. The van der Waals surface area contributed by atoms with E-state index in [2.05, 4.69) is 0 Å². The first kappa shape index (κ1) is 21.9. The number of carbonyl (C=O) groups excluding carboxylic acids is 1. The maximum Gasteiger partial charge on any atom is 0.264 e. The zero-order valence-electron chi connectivity index (χ0n) is 18.2. The first-order valence-electron chi connectivity index (χ1n) is 10.6. The monoisotopic (exact) mass is 450 g/mol. The van der Waals surface area contributed by atoms with E-state index in [1.54, 1.807) is 29.2 Å². The normalized spacial score (nSPS) is 13.0. The van der Waals surface area contributed by atoms with Crippen LogP contribution in [0.2, 0.25) is 0 Å². The lowest BCUT2D eigenvalue weighted by atomic mass is 10.2. The second-order valence-corrected chi connectivity index (χ2v) is 9.54. The van der Waals surface area contributed by atoms with Gasteiger partial charge in [0.25, 0.3) is 10.0 Å². The van der Waals surface area contributed by atoms with Crippen LogP contribution in [0.5, 0.6) is 5.75 Å². The average Bonchev–Trinajstić information content (AvgIpc) is 3.23. The predicted octanol–water partition coefficient (Wildman–Crippen LogP) is 4.18. The molecule has 3 aromatic rings. The molecule has 0 saturated heterocycles. The Balaban J connectivity index is 1.67. The average molecular weight is 451 g/mol. The van der Waals surface area contributed by atoms with E-state index in [1.165, 1.54) is 16.4 Å². The van der Waals surface area contributed by atoms with Gasteiger partial charge >= 0.3 is 0 Å². The number of aryl methyl sites for hydroxylation is 1. The van der Waals surface area contributed by atoms with Crippen LogP contribution in [0.4, 0.5) is 11.4 Å². The van der Waals surface area contributed by atoms with Crippen molar-refractivity contribution in [2.45, 2.75) is 25.2 Å². The summed E-state index contributed by atoms with van der Waals surface area (Å²) in [6.07, 6.45) is 0.762. The van der Waals surface area contributed by atoms with Crippen LogP contribution in [0.25, 0.3) is 0 Å². The zero-order valence-corrected chi connectivity index (χ0v) is 19.0. The summed E-state index contributed by atoms with van der Waals surface area (Å²) in [7, 11) is -3.97. The van der Waals surface area contributed by atoms with E-state index >= 15 is 0 Å². The van der Waals surface area contributed by atoms with Gasteiger partial charge in [0.2, 0.25) is 5.91 Å². The zero-order chi connectivity index (χ0) is 22.7. The van der Waals surface area contributed by atoms with Crippen LogP contribution in [-0.2, 0) is 21.2 Å². The molecule has 3 aromatic carbocycles. The van der Waals surface area contributed by atoms with Gasteiger partial charge in [-0.15, -0.1) is 0 Å². The van der Waals surface area contributed by atoms with Crippen molar-refractivity contribution >= 4 is 27.3 Å². The molecule has 0 aliphatic carbocycles. The number of benzene rings is 3. The number of ether oxygens (including phenoxy) is 1. The Morgan fingerprint density at radius 1 is 1.00 bits per heavy atom. The highest BCUT2D eigenvalue weighted by Crippen LogP contribution is 2.30. The summed E-state index contributed by atoms with van der Waals surface area (Å²) >= 11 is 0. The Morgan fingerprint density at radius 3 is 2.38 bits per heavy atom. The number of rotatable bonds is 7. The van der Waals surface area contributed by atoms with Gasteiger partial charge in [-0.2, -0.15) is 0 Å². The molecule has 1 aliphatic heterocycles. The van der Waals surface area contributed by atoms with Gasteiger partial charge in [-0.05, 0) is 68.3 Å². The third-order valence-corrected chi connectivity index (χ3v) is 7.30. The summed E-state index contributed by atoms with van der Waals surface area (Å²) in [4.78, 5) is 15.1. The van der Waals surface area contributed by atoms with E-state index in [0.29, 0.717) is 24.6 Å². The van der Waals surface area contributed by atoms with Crippen LogP contribution in [-0.4, -0.2) is 34.0 Å². The van der Waals surface area contributed by atoms with Crippen molar-refractivity contribution in [2.24, 2.45) is 0 Å². The Labute approximate surface area is 189 Å². The van der Waals surface area contributed by atoms with Gasteiger partial charge in [-0.1, -0.05) is 35.9 Å². The molecule has 1 amide bonds. The molecule has 0 bridgehead atoms. The van der Waals surface area contributed by atoms with Crippen LogP contribution in [0.1, 0.15) is 18.1 Å². The molecule has 0 aromatic heterocycles. The minimum Gasteiger partial charge on any atom is -0.494 e. The third-order valence-electron chi connectivity index (χ3n) is 5.51. The minimum atomic E-state index is -3.97. The summed E-state index contributed by atoms with van der Waals surface area (Å²) in [6, 6.07) is 21.1. The first-order chi connectivity index (χ1) is 15.4. The summed E-state index contributed by atoms with van der Waals surface area (Å²) in [5.74, 6) is 0.336. The number of anilines is 2. The Hall–Kier alpha value is -3.32. The molecular formula is C25H26N2O4S. The number of hydrogen-bond acceptors (Lipinski definition) is 4. The maximum atomic E-state index is 13.6. The van der Waals surface area contributed by atoms with Gasteiger partial charge in [-0.25, -0.2) is 8.42 Å². The highest BCUT2D eigenvalue weighted by molar-refractivity contribution is 7.92. The standard InChI is InChI=1S/C25H26N2O4S/c1-3-31-22-12-14-23(15-13-22)32(29,30)27(21-10-8-19(2)9-11-21)18-25(28)26-17-16-20-6-4-5-7-24(20)26/h4-15H,3,16-18H2,1-2H3. The molecule has 166 valence electrons. The molecule has 0 spiro atoms. The molecule has 0 atom stereocenters. The van der Waals surface area contributed by atoms with Gasteiger partial charge < -0.3 is 9.64 Å². The fourth-order valence-electron chi connectivity index (χ4n) is 3.83. The van der Waals surface area contributed by atoms with Gasteiger partial charge in [-0.3, -0.25) is 9.10 Å². The summed E-state index contributed by atoms with van der Waals surface area (Å²) in [5.41, 5.74) is 3.40. The van der Waals surface area contributed by atoms with Crippen LogP contribution in [0.15, 0.2) is 77.7 Å². The Kier molecular flexibility index (Phi) is 6.19. The number of hydrogen-bond donors (Lipinski definition) is 0. The molecule has 1 aliphatic rings. The van der Waals surface area contributed by atoms with Crippen LogP contribution < -0.4 is 13.9 Å². The molecule has 0 saturated carbocycles. The molecule has 0 N–H and O–H groups in total. The van der Waals surface area contributed by atoms with Crippen LogP contribution >= 0.6 is 0 Å². The lowest BCUT2D eigenvalue weighted by Crippen LogP contribution is -2.42. The van der Waals surface area contributed by atoms with Gasteiger partial charge in [0, 0.05) is 12.2 Å². The van der Waals surface area contributed by atoms with Crippen molar-refractivity contribution in [3.63, 3.8) is 0 Å². The number of fused-ring (bicyclic) bond motifs is 1. The number of nitrogens with zero attached hydrogens (tertiary/aromatic N) is 2. The van der Waals surface area contributed by atoms with E-state index < -0.39 is 10.0 Å². The van der Waals surface area contributed by atoms with E-state index in [4.69, 9.17) is 4.74 Å². The van der Waals surface area contributed by atoms with E-state index in [9.17, 15) is 13.2 Å². The summed E-state index contributed by atoms with van der Waals surface area (Å²) in [5, 5.41) is 0. The van der Waals surface area contributed by atoms with Gasteiger partial charge in [0.1, 0.15) is 12.3 Å². The van der Waals surface area contributed by atoms with E-state index in [-0.39, 0.29) is 17.3 Å². The molecule has 4 rings (SSSR count). The van der Waals surface area contributed by atoms with Crippen LogP contribution in [0, 0.1) is 6.92 Å².